The third-order valence-corrected chi connectivity index (χ3v) is 4.52. The minimum absolute atomic E-state index is 0.0103. The highest BCUT2D eigenvalue weighted by atomic mass is 35.5. The van der Waals surface area contributed by atoms with E-state index in [1.807, 2.05) is 31.2 Å². The number of hydrogen-bond acceptors (Lipinski definition) is 6. The van der Waals surface area contributed by atoms with Crippen molar-refractivity contribution in [3.63, 3.8) is 0 Å². The van der Waals surface area contributed by atoms with Crippen molar-refractivity contribution in [2.24, 2.45) is 0 Å². The van der Waals surface area contributed by atoms with Crippen molar-refractivity contribution in [3.05, 3.63) is 64.7 Å². The first-order valence-electron chi connectivity index (χ1n) is 7.89. The molecule has 2 aromatic carbocycles. The Balaban J connectivity index is 1.47. The van der Waals surface area contributed by atoms with E-state index in [1.165, 1.54) is 0 Å². The maximum atomic E-state index is 11.9. The van der Waals surface area contributed by atoms with Gasteiger partial charge in [0.2, 0.25) is 11.8 Å². The van der Waals surface area contributed by atoms with E-state index in [1.54, 1.807) is 24.3 Å². The van der Waals surface area contributed by atoms with Gasteiger partial charge in [0.1, 0.15) is 0 Å². The van der Waals surface area contributed by atoms with Crippen LogP contribution < -0.4 is 10.9 Å². The van der Waals surface area contributed by atoms with Crippen LogP contribution in [-0.4, -0.2) is 27.8 Å². The Kier molecular flexibility index (Phi) is 6.10. The maximum Gasteiger partial charge on any atom is 0.277 e. The van der Waals surface area contributed by atoms with Crippen LogP contribution in [0, 0.1) is 6.92 Å². The normalized spacial score (nSPS) is 10.4. The van der Waals surface area contributed by atoms with Crippen LogP contribution in [-0.2, 0) is 4.79 Å². The lowest BCUT2D eigenvalue weighted by atomic mass is 10.1. The van der Waals surface area contributed by atoms with Gasteiger partial charge in [-0.3, -0.25) is 20.4 Å². The molecule has 9 heteroatoms. The summed E-state index contributed by atoms with van der Waals surface area (Å²) in [6.07, 6.45) is 0. The molecule has 0 aliphatic carbocycles. The Morgan fingerprint density at radius 2 is 1.74 bits per heavy atom. The van der Waals surface area contributed by atoms with Crippen molar-refractivity contribution in [2.45, 2.75) is 12.1 Å². The third-order valence-electron chi connectivity index (χ3n) is 3.45. The molecule has 0 atom stereocenters. The molecule has 1 aromatic heterocycles. The van der Waals surface area contributed by atoms with E-state index in [0.717, 1.165) is 22.9 Å². The van der Waals surface area contributed by atoms with Crippen molar-refractivity contribution < 1.29 is 14.0 Å². The number of halogens is 1. The zero-order valence-electron chi connectivity index (χ0n) is 14.2. The van der Waals surface area contributed by atoms with Crippen LogP contribution in [0.3, 0.4) is 0 Å². The Bertz CT molecular complexity index is 942. The first kappa shape index (κ1) is 18.9. The molecule has 0 spiro atoms. The number of nitrogens with zero attached hydrogens (tertiary/aromatic N) is 2. The van der Waals surface area contributed by atoms with E-state index in [4.69, 9.17) is 16.0 Å². The van der Waals surface area contributed by atoms with Crippen LogP contribution in [0.4, 0.5) is 0 Å². The summed E-state index contributed by atoms with van der Waals surface area (Å²) in [5.41, 5.74) is 6.97. The Hall–Kier alpha value is -2.84. The van der Waals surface area contributed by atoms with Gasteiger partial charge in [-0.1, -0.05) is 41.1 Å². The van der Waals surface area contributed by atoms with Gasteiger partial charge in [0, 0.05) is 16.1 Å². The number of nitrogens with one attached hydrogen (secondary N) is 2. The van der Waals surface area contributed by atoms with Gasteiger partial charge in [-0.05, 0) is 43.3 Å². The van der Waals surface area contributed by atoms with E-state index < -0.39 is 11.8 Å². The number of hydrogen-bond donors (Lipinski definition) is 2. The molecule has 3 aromatic rings. The molecule has 0 fully saturated rings. The number of rotatable bonds is 5. The van der Waals surface area contributed by atoms with Gasteiger partial charge >= 0.3 is 0 Å². The number of aromatic nitrogens is 2. The van der Waals surface area contributed by atoms with E-state index in [9.17, 15) is 9.59 Å². The van der Waals surface area contributed by atoms with Crippen molar-refractivity contribution in [2.75, 3.05) is 5.75 Å². The second kappa shape index (κ2) is 8.70. The standard InChI is InChI=1S/C18H15ClN4O3S/c1-11-2-4-13(5-3-11)17-22-23-18(26-17)27-10-15(24)20-21-16(25)12-6-8-14(19)9-7-12/h2-9H,10H2,1H3,(H,20,24)(H,21,25). The molecule has 0 aliphatic heterocycles. The second-order valence-electron chi connectivity index (χ2n) is 5.54. The van der Waals surface area contributed by atoms with E-state index in [2.05, 4.69) is 21.0 Å². The molecule has 0 saturated heterocycles. The Morgan fingerprint density at radius 3 is 2.44 bits per heavy atom. The molecule has 7 nitrogen and oxygen atoms in total. The maximum absolute atomic E-state index is 11.9. The summed E-state index contributed by atoms with van der Waals surface area (Å²) in [5.74, 6) is -0.452. The lowest BCUT2D eigenvalue weighted by Crippen LogP contribution is -2.42. The van der Waals surface area contributed by atoms with E-state index in [-0.39, 0.29) is 11.0 Å². The van der Waals surface area contributed by atoms with Gasteiger partial charge in [-0.2, -0.15) is 0 Å². The summed E-state index contributed by atoms with van der Waals surface area (Å²) >= 11 is 6.84. The zero-order valence-corrected chi connectivity index (χ0v) is 15.8. The lowest BCUT2D eigenvalue weighted by molar-refractivity contribution is -0.119. The average Bonchev–Trinajstić information content (AvgIpc) is 3.14. The molecule has 0 bridgehead atoms. The fourth-order valence-electron chi connectivity index (χ4n) is 2.04. The summed E-state index contributed by atoms with van der Waals surface area (Å²) in [4.78, 5) is 23.8. The summed E-state index contributed by atoms with van der Waals surface area (Å²) in [6.45, 7) is 1.99. The first-order chi connectivity index (χ1) is 13.0. The number of thioether (sulfide) groups is 1. The van der Waals surface area contributed by atoms with Gasteiger partial charge in [0.15, 0.2) is 0 Å². The molecule has 0 radical (unpaired) electrons. The molecule has 2 N–H and O–H groups in total. The number of hydrazine groups is 1. The summed E-state index contributed by atoms with van der Waals surface area (Å²) < 4.78 is 5.53. The molecule has 0 unspecified atom stereocenters. The first-order valence-corrected chi connectivity index (χ1v) is 9.26. The molecule has 0 saturated carbocycles. The van der Waals surface area contributed by atoms with Crippen molar-refractivity contribution in [1.29, 1.82) is 0 Å². The van der Waals surface area contributed by atoms with E-state index >= 15 is 0 Å². The second-order valence-corrected chi connectivity index (χ2v) is 6.90. The van der Waals surface area contributed by atoms with Crippen molar-refractivity contribution >= 4 is 35.2 Å². The van der Waals surface area contributed by atoms with E-state index in [0.29, 0.717) is 16.5 Å². The van der Waals surface area contributed by atoms with Crippen LogP contribution in [0.5, 0.6) is 0 Å². The number of benzene rings is 2. The largest absolute Gasteiger partial charge is 0.411 e. The predicted molar refractivity (Wildman–Crippen MR) is 102 cm³/mol. The molecule has 0 aliphatic rings. The summed E-state index contributed by atoms with van der Waals surface area (Å²) in [5, 5.41) is 8.66. The van der Waals surface area contributed by atoms with Crippen LogP contribution in [0.1, 0.15) is 15.9 Å². The number of aryl methyl sites for hydroxylation is 1. The minimum Gasteiger partial charge on any atom is -0.411 e. The van der Waals surface area contributed by atoms with Gasteiger partial charge in [0.05, 0.1) is 5.75 Å². The topological polar surface area (TPSA) is 97.1 Å². The Labute approximate surface area is 164 Å². The monoisotopic (exact) mass is 402 g/mol. The molecule has 1 heterocycles. The lowest BCUT2D eigenvalue weighted by Gasteiger charge is -2.06. The van der Waals surface area contributed by atoms with Gasteiger partial charge in [-0.15, -0.1) is 10.2 Å². The van der Waals surface area contributed by atoms with Gasteiger partial charge < -0.3 is 4.42 Å². The predicted octanol–water partition coefficient (Wildman–Crippen LogP) is 3.25. The molecule has 138 valence electrons. The van der Waals surface area contributed by atoms with Crippen LogP contribution in [0.25, 0.3) is 11.5 Å². The average molecular weight is 403 g/mol. The Morgan fingerprint density at radius 1 is 1.04 bits per heavy atom. The molecular formula is C18H15ClN4O3S. The van der Waals surface area contributed by atoms with Crippen LogP contribution in [0.2, 0.25) is 5.02 Å². The minimum atomic E-state index is -0.440. The van der Waals surface area contributed by atoms with Crippen molar-refractivity contribution in [1.82, 2.24) is 21.0 Å². The van der Waals surface area contributed by atoms with Crippen LogP contribution in [0.15, 0.2) is 58.2 Å². The number of carbonyl (C=O) groups is 2. The molecule has 27 heavy (non-hydrogen) atoms. The molecule has 3 rings (SSSR count). The number of amides is 2. The zero-order chi connectivity index (χ0) is 19.2. The summed E-state index contributed by atoms with van der Waals surface area (Å²) in [7, 11) is 0. The SMILES string of the molecule is Cc1ccc(-c2nnc(SCC(=O)NNC(=O)c3ccc(Cl)cc3)o2)cc1. The fourth-order valence-corrected chi connectivity index (χ4v) is 2.73. The highest BCUT2D eigenvalue weighted by Crippen LogP contribution is 2.23. The third kappa shape index (κ3) is 5.32. The highest BCUT2D eigenvalue weighted by Gasteiger charge is 2.12. The smallest absolute Gasteiger partial charge is 0.277 e. The quantitative estimate of drug-likeness (QED) is 0.502. The van der Waals surface area contributed by atoms with Gasteiger partial charge in [-0.25, -0.2) is 0 Å². The fraction of sp³-hybridized carbons (Fsp3) is 0.111. The molecular weight excluding hydrogens is 388 g/mol. The van der Waals surface area contributed by atoms with Gasteiger partial charge in [0.25, 0.3) is 11.1 Å². The highest BCUT2D eigenvalue weighted by molar-refractivity contribution is 7.99. The number of carbonyl (C=O) groups excluding carboxylic acids is 2. The van der Waals surface area contributed by atoms with Crippen molar-refractivity contribution in [3.8, 4) is 11.5 Å². The van der Waals surface area contributed by atoms with Crippen LogP contribution >= 0.6 is 23.4 Å². The summed E-state index contributed by atoms with van der Waals surface area (Å²) in [6, 6.07) is 14.0. The molecule has 2 amide bonds.